The Labute approximate surface area is 155 Å². The van der Waals surface area contributed by atoms with Crippen LogP contribution in [0, 0.1) is 5.82 Å². The molecule has 26 heavy (non-hydrogen) atoms. The summed E-state index contributed by atoms with van der Waals surface area (Å²) in [5.74, 6) is -0.374. The van der Waals surface area contributed by atoms with Gasteiger partial charge < -0.3 is 9.80 Å². The zero-order chi connectivity index (χ0) is 18.3. The lowest BCUT2D eigenvalue weighted by atomic mass is 9.92. The molecular formula is C19H20FN3O2S. The van der Waals surface area contributed by atoms with Crippen molar-refractivity contribution in [3.05, 3.63) is 52.5 Å². The van der Waals surface area contributed by atoms with Gasteiger partial charge in [-0.15, -0.1) is 0 Å². The van der Waals surface area contributed by atoms with Gasteiger partial charge in [0.2, 0.25) is 5.91 Å². The number of rotatable bonds is 2. The minimum Gasteiger partial charge on any atom is -0.337 e. The number of hydrogen-bond donors (Lipinski definition) is 0. The maximum atomic E-state index is 13.6. The molecule has 1 aromatic heterocycles. The number of benzene rings is 1. The lowest BCUT2D eigenvalue weighted by Gasteiger charge is -2.46. The van der Waals surface area contributed by atoms with E-state index >= 15 is 0 Å². The van der Waals surface area contributed by atoms with Crippen molar-refractivity contribution in [3.63, 3.8) is 0 Å². The van der Waals surface area contributed by atoms with Crippen molar-refractivity contribution in [2.75, 3.05) is 38.1 Å². The van der Waals surface area contributed by atoms with Crippen LogP contribution in [0.4, 0.5) is 10.1 Å². The van der Waals surface area contributed by atoms with E-state index in [1.807, 2.05) is 33.7 Å². The summed E-state index contributed by atoms with van der Waals surface area (Å²) in [6, 6.07) is 7.97. The Morgan fingerprint density at radius 2 is 2.12 bits per heavy atom. The average Bonchev–Trinajstić information content (AvgIpc) is 3.29. The first-order chi connectivity index (χ1) is 12.5. The fraction of sp³-hybridized carbons (Fsp3) is 0.368. The topological polar surface area (TPSA) is 43.9 Å². The Balaban J connectivity index is 1.57. The van der Waals surface area contributed by atoms with Crippen LogP contribution < -0.4 is 4.90 Å². The number of anilines is 1. The summed E-state index contributed by atoms with van der Waals surface area (Å²) >= 11 is 1.51. The predicted molar refractivity (Wildman–Crippen MR) is 99.0 cm³/mol. The molecule has 2 amide bonds. The van der Waals surface area contributed by atoms with E-state index in [1.165, 1.54) is 23.5 Å². The van der Waals surface area contributed by atoms with Crippen LogP contribution in [-0.4, -0.2) is 60.4 Å². The van der Waals surface area contributed by atoms with Gasteiger partial charge in [0, 0.05) is 30.7 Å². The quantitative estimate of drug-likeness (QED) is 0.812. The summed E-state index contributed by atoms with van der Waals surface area (Å²) in [5, 5.41) is 3.76. The number of hydrogen-bond acceptors (Lipinski definition) is 4. The molecule has 4 rings (SSSR count). The second-order valence-electron chi connectivity index (χ2n) is 7.03. The summed E-state index contributed by atoms with van der Waals surface area (Å²) in [7, 11) is 1.93. The summed E-state index contributed by atoms with van der Waals surface area (Å²) < 4.78 is 13.6. The Hall–Kier alpha value is -2.25. The second kappa shape index (κ2) is 6.48. The highest BCUT2D eigenvalue weighted by Crippen LogP contribution is 2.34. The molecule has 136 valence electrons. The SMILES string of the molecule is CN1CC(=O)N(c2cccc(F)c2)CC12CCN(C(=O)c1ccsc1)C2. The molecule has 1 atom stereocenters. The van der Waals surface area contributed by atoms with Gasteiger partial charge in [0.25, 0.3) is 5.91 Å². The van der Waals surface area contributed by atoms with Gasteiger partial charge in [-0.25, -0.2) is 4.39 Å². The van der Waals surface area contributed by atoms with Crippen molar-refractivity contribution in [2.24, 2.45) is 0 Å². The van der Waals surface area contributed by atoms with Gasteiger partial charge in [0.1, 0.15) is 5.82 Å². The number of likely N-dealkylation sites (N-methyl/N-ethyl adjacent to an activating group) is 1. The molecule has 2 aliphatic rings. The van der Waals surface area contributed by atoms with E-state index in [2.05, 4.69) is 0 Å². The van der Waals surface area contributed by atoms with E-state index < -0.39 is 0 Å². The first-order valence-corrected chi connectivity index (χ1v) is 9.51. The number of carbonyl (C=O) groups is 2. The van der Waals surface area contributed by atoms with E-state index in [4.69, 9.17) is 0 Å². The normalized spacial score (nSPS) is 23.8. The Kier molecular flexibility index (Phi) is 4.28. The third-order valence-corrected chi connectivity index (χ3v) is 6.13. The first-order valence-electron chi connectivity index (χ1n) is 8.57. The van der Waals surface area contributed by atoms with E-state index in [0.717, 1.165) is 6.42 Å². The number of halogens is 1. The van der Waals surface area contributed by atoms with Gasteiger partial charge in [-0.2, -0.15) is 11.3 Å². The van der Waals surface area contributed by atoms with E-state index in [0.29, 0.717) is 30.9 Å². The molecule has 0 bridgehead atoms. The molecule has 7 heteroatoms. The standard InChI is InChI=1S/C19H20FN3O2S/c1-21-10-17(24)23(16-4-2-3-15(20)9-16)13-19(21)6-7-22(12-19)18(25)14-5-8-26-11-14/h2-5,8-9,11H,6-7,10,12-13H2,1H3. The fourth-order valence-corrected chi connectivity index (χ4v) is 4.51. The monoisotopic (exact) mass is 373 g/mol. The summed E-state index contributed by atoms with van der Waals surface area (Å²) in [6.45, 7) is 1.94. The summed E-state index contributed by atoms with van der Waals surface area (Å²) in [6.07, 6.45) is 0.790. The lowest BCUT2D eigenvalue weighted by molar-refractivity contribution is -0.123. The molecule has 0 N–H and O–H groups in total. The summed E-state index contributed by atoms with van der Waals surface area (Å²) in [5.41, 5.74) is 0.986. The van der Waals surface area contributed by atoms with Crippen molar-refractivity contribution in [3.8, 4) is 0 Å². The van der Waals surface area contributed by atoms with E-state index in [1.54, 1.807) is 17.0 Å². The first kappa shape index (κ1) is 17.2. The van der Waals surface area contributed by atoms with Gasteiger partial charge in [0.15, 0.2) is 0 Å². The Morgan fingerprint density at radius 3 is 2.85 bits per heavy atom. The Morgan fingerprint density at radius 1 is 1.27 bits per heavy atom. The molecule has 2 fully saturated rings. The van der Waals surface area contributed by atoms with Gasteiger partial charge >= 0.3 is 0 Å². The number of likely N-dealkylation sites (tertiary alicyclic amines) is 1. The molecule has 0 saturated carbocycles. The molecular weight excluding hydrogens is 353 g/mol. The van der Waals surface area contributed by atoms with Crippen LogP contribution in [0.25, 0.3) is 0 Å². The molecule has 2 aromatic rings. The number of piperazine rings is 1. The van der Waals surface area contributed by atoms with Crippen molar-refractivity contribution >= 4 is 28.8 Å². The molecule has 0 aliphatic carbocycles. The molecule has 3 heterocycles. The highest BCUT2D eigenvalue weighted by molar-refractivity contribution is 7.08. The molecule has 1 aromatic carbocycles. The molecule has 1 unspecified atom stereocenters. The van der Waals surface area contributed by atoms with Gasteiger partial charge in [-0.1, -0.05) is 6.07 Å². The molecule has 0 radical (unpaired) electrons. The van der Waals surface area contributed by atoms with Crippen LogP contribution in [0.1, 0.15) is 16.8 Å². The molecule has 2 saturated heterocycles. The molecule has 2 aliphatic heterocycles. The predicted octanol–water partition coefficient (Wildman–Crippen LogP) is 2.45. The molecule has 5 nitrogen and oxygen atoms in total. The van der Waals surface area contributed by atoms with Crippen molar-refractivity contribution in [2.45, 2.75) is 12.0 Å². The maximum Gasteiger partial charge on any atom is 0.254 e. The maximum absolute atomic E-state index is 13.6. The zero-order valence-electron chi connectivity index (χ0n) is 14.5. The van der Waals surface area contributed by atoms with Crippen molar-refractivity contribution in [1.82, 2.24) is 9.80 Å². The number of nitrogens with zero attached hydrogens (tertiary/aromatic N) is 3. The van der Waals surface area contributed by atoms with Gasteiger partial charge in [0.05, 0.1) is 17.6 Å². The average molecular weight is 373 g/mol. The number of amides is 2. The number of carbonyl (C=O) groups excluding carboxylic acids is 2. The van der Waals surface area contributed by atoms with Crippen LogP contribution in [0.5, 0.6) is 0 Å². The van der Waals surface area contributed by atoms with Crippen molar-refractivity contribution < 1.29 is 14.0 Å². The van der Waals surface area contributed by atoms with Crippen LogP contribution in [0.2, 0.25) is 0 Å². The minimum atomic E-state index is -0.357. The second-order valence-corrected chi connectivity index (χ2v) is 7.81. The smallest absolute Gasteiger partial charge is 0.254 e. The minimum absolute atomic E-state index is 0.0331. The Bertz CT molecular complexity index is 841. The third kappa shape index (κ3) is 2.91. The van der Waals surface area contributed by atoms with Gasteiger partial charge in [-0.3, -0.25) is 14.5 Å². The van der Waals surface area contributed by atoms with E-state index in [-0.39, 0.29) is 29.7 Å². The largest absolute Gasteiger partial charge is 0.337 e. The van der Waals surface area contributed by atoms with Crippen LogP contribution in [0.3, 0.4) is 0 Å². The third-order valence-electron chi connectivity index (χ3n) is 5.44. The van der Waals surface area contributed by atoms with Crippen LogP contribution in [0.15, 0.2) is 41.1 Å². The van der Waals surface area contributed by atoms with Crippen LogP contribution in [-0.2, 0) is 4.79 Å². The highest BCUT2D eigenvalue weighted by Gasteiger charge is 2.48. The fourth-order valence-electron chi connectivity index (χ4n) is 3.88. The number of thiophene rings is 1. The van der Waals surface area contributed by atoms with Gasteiger partial charge in [-0.05, 0) is 43.1 Å². The lowest BCUT2D eigenvalue weighted by Crippen LogP contribution is -2.64. The van der Waals surface area contributed by atoms with E-state index in [9.17, 15) is 14.0 Å². The van der Waals surface area contributed by atoms with Crippen LogP contribution >= 0.6 is 11.3 Å². The zero-order valence-corrected chi connectivity index (χ0v) is 15.3. The summed E-state index contributed by atoms with van der Waals surface area (Å²) in [4.78, 5) is 30.8. The highest BCUT2D eigenvalue weighted by atomic mass is 32.1. The van der Waals surface area contributed by atoms with Crippen molar-refractivity contribution in [1.29, 1.82) is 0 Å². The molecule has 1 spiro atoms.